The van der Waals surface area contributed by atoms with Crippen LogP contribution >= 0.6 is 11.3 Å². The van der Waals surface area contributed by atoms with Crippen LogP contribution in [-0.2, 0) is 40.0 Å². The summed E-state index contributed by atoms with van der Waals surface area (Å²) in [5.41, 5.74) is 6.48. The molecule has 0 bridgehead atoms. The van der Waals surface area contributed by atoms with Crippen molar-refractivity contribution in [1.29, 1.82) is 0 Å². The van der Waals surface area contributed by atoms with Crippen molar-refractivity contribution in [1.82, 2.24) is 15.2 Å². The molecule has 0 saturated carbocycles. The van der Waals surface area contributed by atoms with Crippen molar-refractivity contribution in [3.63, 3.8) is 0 Å². The Bertz CT molecular complexity index is 1320. The predicted octanol–water partition coefficient (Wildman–Crippen LogP) is 0.944. The molecule has 1 aromatic heterocycles. The predicted molar refractivity (Wildman–Crippen MR) is 137 cm³/mol. The maximum absolute atomic E-state index is 13.3. The number of thiazole rings is 1. The van der Waals surface area contributed by atoms with E-state index in [-0.39, 0.29) is 41.2 Å². The van der Waals surface area contributed by atoms with Crippen LogP contribution in [0.2, 0.25) is 0 Å². The number of methoxy groups -OCH3 is 1. The van der Waals surface area contributed by atoms with Gasteiger partial charge in [0.15, 0.2) is 22.3 Å². The van der Waals surface area contributed by atoms with Gasteiger partial charge < -0.3 is 34.8 Å². The van der Waals surface area contributed by atoms with Gasteiger partial charge in [-0.05, 0) is 30.5 Å². The minimum absolute atomic E-state index is 0.0137. The number of ether oxygens (including phenoxy) is 4. The number of hydrogen-bond donors (Lipinski definition) is 2. The second kappa shape index (κ2) is 11.3. The number of anilines is 1. The van der Waals surface area contributed by atoms with E-state index in [1.807, 2.05) is 0 Å². The van der Waals surface area contributed by atoms with Crippen LogP contribution in [0.15, 0.2) is 46.3 Å². The van der Waals surface area contributed by atoms with Gasteiger partial charge in [-0.3, -0.25) is 14.5 Å². The summed E-state index contributed by atoms with van der Waals surface area (Å²) in [6.45, 7) is 0.553. The summed E-state index contributed by atoms with van der Waals surface area (Å²) in [4.78, 5) is 49.8. The molecule has 2 amide bonds. The van der Waals surface area contributed by atoms with Crippen molar-refractivity contribution in [2.45, 2.75) is 37.6 Å². The van der Waals surface area contributed by atoms with Crippen LogP contribution in [0.5, 0.6) is 5.75 Å². The Labute approximate surface area is 227 Å². The van der Waals surface area contributed by atoms with Crippen LogP contribution < -0.4 is 15.8 Å². The molecular weight excluding hydrogens is 530 g/mol. The third-order valence-electron chi connectivity index (χ3n) is 6.50. The van der Waals surface area contributed by atoms with Gasteiger partial charge in [-0.2, -0.15) is 0 Å². The molecule has 1 unspecified atom stereocenters. The van der Waals surface area contributed by atoms with Crippen molar-refractivity contribution in [3.8, 4) is 5.75 Å². The molecule has 3 N–H and O–H groups in total. The fourth-order valence-corrected chi connectivity index (χ4v) is 5.13. The molecule has 0 radical (unpaired) electrons. The van der Waals surface area contributed by atoms with Gasteiger partial charge in [0.05, 0.1) is 7.11 Å². The topological polar surface area (TPSA) is 164 Å². The van der Waals surface area contributed by atoms with E-state index in [4.69, 9.17) is 29.5 Å². The van der Waals surface area contributed by atoms with Gasteiger partial charge in [0.25, 0.3) is 11.8 Å². The monoisotopic (exact) mass is 557 g/mol. The first kappa shape index (κ1) is 26.4. The molecule has 13 nitrogen and oxygen atoms in total. The molecular formula is C25H27N5O8S. The van der Waals surface area contributed by atoms with Gasteiger partial charge in [0, 0.05) is 12.0 Å². The molecule has 2 aromatic rings. The lowest BCUT2D eigenvalue weighted by atomic mass is 9.91. The zero-order valence-corrected chi connectivity index (χ0v) is 22.1. The number of nitrogens with two attached hydrogens (primary N) is 1. The van der Waals surface area contributed by atoms with Gasteiger partial charge in [0.1, 0.15) is 50.0 Å². The summed E-state index contributed by atoms with van der Waals surface area (Å²) in [7, 11) is 2.85. The fourth-order valence-electron chi connectivity index (χ4n) is 4.58. The van der Waals surface area contributed by atoms with E-state index in [1.165, 1.54) is 12.0 Å². The number of aromatic nitrogens is 1. The SMILES string of the molecule is CO/N=C(/C(=O)N[C@@H]1C(=O)N2C(C(=O)OCc3ccc(OC)cc3)=C(C3CCCO3)OC[C@H]12)c1csc(N)n1. The molecule has 4 heterocycles. The lowest BCUT2D eigenvalue weighted by Gasteiger charge is -2.50. The number of β-lactam (4-membered cyclic amide) rings is 1. The summed E-state index contributed by atoms with van der Waals surface area (Å²) >= 11 is 1.13. The Kier molecular flexibility index (Phi) is 7.65. The molecule has 14 heteroatoms. The van der Waals surface area contributed by atoms with Gasteiger partial charge in [0.2, 0.25) is 0 Å². The van der Waals surface area contributed by atoms with Crippen molar-refractivity contribution >= 4 is 40.0 Å². The smallest absolute Gasteiger partial charge is 0.359 e. The third kappa shape index (κ3) is 5.25. The highest BCUT2D eigenvalue weighted by molar-refractivity contribution is 7.13. The summed E-state index contributed by atoms with van der Waals surface area (Å²) in [5, 5.41) is 8.21. The van der Waals surface area contributed by atoms with Crippen LogP contribution in [0.3, 0.4) is 0 Å². The van der Waals surface area contributed by atoms with Gasteiger partial charge in [-0.15, -0.1) is 11.3 Å². The van der Waals surface area contributed by atoms with E-state index in [2.05, 4.69) is 15.5 Å². The number of hydrogen-bond acceptors (Lipinski definition) is 12. The van der Waals surface area contributed by atoms with Gasteiger partial charge in [-0.1, -0.05) is 17.3 Å². The van der Waals surface area contributed by atoms with Crippen molar-refractivity contribution in [2.24, 2.45) is 5.16 Å². The molecule has 1 aromatic carbocycles. The second-order valence-electron chi connectivity index (χ2n) is 8.87. The molecule has 0 aliphatic carbocycles. The number of fused-ring (bicyclic) bond motifs is 1. The van der Waals surface area contributed by atoms with Crippen molar-refractivity contribution in [2.75, 3.05) is 33.2 Å². The minimum Gasteiger partial charge on any atom is -0.497 e. The zero-order valence-electron chi connectivity index (χ0n) is 21.2. The zero-order chi connectivity index (χ0) is 27.5. The Morgan fingerprint density at radius 3 is 2.72 bits per heavy atom. The maximum atomic E-state index is 13.3. The maximum Gasteiger partial charge on any atom is 0.359 e. The molecule has 2 fully saturated rings. The van der Waals surface area contributed by atoms with E-state index < -0.39 is 36.0 Å². The summed E-state index contributed by atoms with van der Waals surface area (Å²) in [6.07, 6.45) is 0.974. The molecule has 3 aliphatic rings. The number of benzene rings is 1. The van der Waals surface area contributed by atoms with Gasteiger partial charge >= 0.3 is 5.97 Å². The first-order valence-electron chi connectivity index (χ1n) is 12.2. The first-order valence-corrected chi connectivity index (χ1v) is 13.0. The van der Waals surface area contributed by atoms with E-state index in [1.54, 1.807) is 36.8 Å². The average Bonchev–Trinajstić information content (AvgIpc) is 3.64. The summed E-state index contributed by atoms with van der Waals surface area (Å²) in [5.74, 6) is -0.955. The van der Waals surface area contributed by atoms with E-state index in [0.29, 0.717) is 18.8 Å². The van der Waals surface area contributed by atoms with Crippen LogP contribution in [-0.4, -0.2) is 79.0 Å². The number of rotatable bonds is 9. The van der Waals surface area contributed by atoms with Crippen molar-refractivity contribution in [3.05, 3.63) is 52.4 Å². The molecule has 2 saturated heterocycles. The standard InChI is InChI=1S/C25H27N5O8S/c1-34-14-7-5-13(6-8-14)10-38-24(33)20-21(17-4-3-9-36-17)37-11-16-19(23(32)30(16)20)28-22(31)18(29-35-2)15-12-39-25(26)27-15/h5-8,12,16-17,19H,3-4,9-11H2,1-2H3,(H2,26,27)(H,28,31)/b29-18+/t16-,17?,19+/m1/s1. The highest BCUT2D eigenvalue weighted by Crippen LogP contribution is 2.37. The van der Waals surface area contributed by atoms with Gasteiger partial charge in [-0.25, -0.2) is 9.78 Å². The molecule has 0 spiro atoms. The Hall–Kier alpha value is -4.17. The lowest BCUT2D eigenvalue weighted by Crippen LogP contribution is -2.74. The molecule has 39 heavy (non-hydrogen) atoms. The minimum atomic E-state index is -0.967. The van der Waals surface area contributed by atoms with E-state index >= 15 is 0 Å². The Morgan fingerprint density at radius 2 is 2.08 bits per heavy atom. The molecule has 3 aliphatic heterocycles. The largest absolute Gasteiger partial charge is 0.497 e. The number of nitrogen functional groups attached to an aromatic ring is 1. The lowest BCUT2D eigenvalue weighted by molar-refractivity contribution is -0.163. The van der Waals surface area contributed by atoms with E-state index in [9.17, 15) is 14.4 Å². The quantitative estimate of drug-likeness (QED) is 0.196. The second-order valence-corrected chi connectivity index (χ2v) is 9.76. The normalized spacial score (nSPS) is 22.5. The van der Waals surface area contributed by atoms with E-state index in [0.717, 1.165) is 23.3 Å². The first-order chi connectivity index (χ1) is 18.9. The number of amides is 2. The molecule has 5 rings (SSSR count). The molecule has 206 valence electrons. The fraction of sp³-hybridized carbons (Fsp3) is 0.400. The number of nitrogens with zero attached hydrogens (tertiary/aromatic N) is 3. The molecule has 3 atom stereocenters. The summed E-state index contributed by atoms with van der Waals surface area (Å²) < 4.78 is 22.4. The average molecular weight is 558 g/mol. The highest BCUT2D eigenvalue weighted by Gasteiger charge is 2.56. The number of carbonyl (C=O) groups excluding carboxylic acids is 3. The van der Waals surface area contributed by atoms with Crippen molar-refractivity contribution < 1.29 is 38.2 Å². The Balaban J connectivity index is 1.33. The third-order valence-corrected chi connectivity index (χ3v) is 7.17. The number of esters is 1. The Morgan fingerprint density at radius 1 is 1.28 bits per heavy atom. The van der Waals surface area contributed by atoms with Crippen LogP contribution in [0.4, 0.5) is 5.13 Å². The summed E-state index contributed by atoms with van der Waals surface area (Å²) in [6, 6.07) is 5.46. The van der Waals surface area contributed by atoms with Crippen LogP contribution in [0.1, 0.15) is 24.1 Å². The van der Waals surface area contributed by atoms with Crippen LogP contribution in [0.25, 0.3) is 0 Å². The number of carbonyl (C=O) groups is 3. The number of nitrogens with one attached hydrogen (secondary N) is 1. The number of oxime groups is 1. The van der Waals surface area contributed by atoms with Crippen LogP contribution in [0, 0.1) is 0 Å². The highest BCUT2D eigenvalue weighted by atomic mass is 32.1.